The zero-order chi connectivity index (χ0) is 22.1. The molecular formula is C24H25N3O4. The Bertz CT molecular complexity index is 1020. The second-order valence-electron chi connectivity index (χ2n) is 6.72. The molecule has 3 aromatic carbocycles. The lowest BCUT2D eigenvalue weighted by Crippen LogP contribution is -2.36. The summed E-state index contributed by atoms with van der Waals surface area (Å²) in [5.74, 6) is -0.142. The first-order valence-electron chi connectivity index (χ1n) is 9.81. The molecule has 3 aromatic rings. The zero-order valence-electron chi connectivity index (χ0n) is 17.5. The van der Waals surface area contributed by atoms with Crippen molar-refractivity contribution in [3.05, 3.63) is 78.4 Å². The van der Waals surface area contributed by atoms with Gasteiger partial charge >= 0.3 is 11.8 Å². The van der Waals surface area contributed by atoms with E-state index < -0.39 is 11.8 Å². The SMILES string of the molecule is COc1ccc(CCNC(=O)C(=O)Nc2ccc(Nc3ccccc3)cc2)cc1OC. The Kier molecular flexibility index (Phi) is 7.48. The lowest BCUT2D eigenvalue weighted by atomic mass is 10.1. The first-order valence-corrected chi connectivity index (χ1v) is 9.81. The number of ether oxygens (including phenoxy) is 2. The van der Waals surface area contributed by atoms with Gasteiger partial charge in [0.05, 0.1) is 14.2 Å². The van der Waals surface area contributed by atoms with E-state index in [0.29, 0.717) is 30.2 Å². The van der Waals surface area contributed by atoms with Gasteiger partial charge in [-0.15, -0.1) is 0 Å². The Labute approximate surface area is 181 Å². The number of nitrogens with one attached hydrogen (secondary N) is 3. The number of para-hydroxylation sites is 1. The number of hydrogen-bond donors (Lipinski definition) is 3. The molecular weight excluding hydrogens is 394 g/mol. The van der Waals surface area contributed by atoms with Gasteiger partial charge in [-0.1, -0.05) is 24.3 Å². The van der Waals surface area contributed by atoms with Gasteiger partial charge in [0.2, 0.25) is 0 Å². The summed E-state index contributed by atoms with van der Waals surface area (Å²) in [4.78, 5) is 24.2. The van der Waals surface area contributed by atoms with Crippen LogP contribution in [0, 0.1) is 0 Å². The van der Waals surface area contributed by atoms with E-state index >= 15 is 0 Å². The van der Waals surface area contributed by atoms with E-state index in [-0.39, 0.29) is 0 Å². The number of methoxy groups -OCH3 is 2. The summed E-state index contributed by atoms with van der Waals surface area (Å²) in [6, 6.07) is 22.4. The van der Waals surface area contributed by atoms with E-state index in [4.69, 9.17) is 9.47 Å². The number of carbonyl (C=O) groups is 2. The van der Waals surface area contributed by atoms with Crippen molar-refractivity contribution in [2.45, 2.75) is 6.42 Å². The minimum absolute atomic E-state index is 0.321. The van der Waals surface area contributed by atoms with Crippen LogP contribution in [0.2, 0.25) is 0 Å². The molecule has 31 heavy (non-hydrogen) atoms. The van der Waals surface area contributed by atoms with Crippen molar-refractivity contribution in [1.29, 1.82) is 0 Å². The van der Waals surface area contributed by atoms with Crippen LogP contribution in [0.4, 0.5) is 17.1 Å². The largest absolute Gasteiger partial charge is 0.493 e. The van der Waals surface area contributed by atoms with Crippen molar-refractivity contribution < 1.29 is 19.1 Å². The maximum absolute atomic E-state index is 12.1. The monoisotopic (exact) mass is 419 g/mol. The molecule has 7 nitrogen and oxygen atoms in total. The molecule has 0 saturated carbocycles. The standard InChI is InChI=1S/C24H25N3O4/c1-30-21-13-8-17(16-22(21)31-2)14-15-25-23(28)24(29)27-20-11-9-19(10-12-20)26-18-6-4-3-5-7-18/h3-13,16,26H,14-15H2,1-2H3,(H,25,28)(H,27,29). The van der Waals surface area contributed by atoms with Crippen LogP contribution in [-0.4, -0.2) is 32.6 Å². The normalized spacial score (nSPS) is 10.1. The third-order valence-corrected chi connectivity index (χ3v) is 4.56. The fraction of sp³-hybridized carbons (Fsp3) is 0.167. The van der Waals surface area contributed by atoms with E-state index in [0.717, 1.165) is 16.9 Å². The molecule has 0 spiro atoms. The average Bonchev–Trinajstić information content (AvgIpc) is 2.80. The van der Waals surface area contributed by atoms with E-state index in [1.165, 1.54) is 0 Å². The lowest BCUT2D eigenvalue weighted by Gasteiger charge is -2.10. The van der Waals surface area contributed by atoms with Crippen LogP contribution in [0.15, 0.2) is 72.8 Å². The molecule has 0 aliphatic heterocycles. The Morgan fingerprint density at radius 2 is 1.39 bits per heavy atom. The first-order chi connectivity index (χ1) is 15.1. The number of benzene rings is 3. The molecule has 0 atom stereocenters. The minimum Gasteiger partial charge on any atom is -0.493 e. The molecule has 0 unspecified atom stereocenters. The third kappa shape index (κ3) is 6.24. The molecule has 0 aliphatic carbocycles. The van der Waals surface area contributed by atoms with E-state index in [9.17, 15) is 9.59 Å². The Morgan fingerprint density at radius 3 is 2.06 bits per heavy atom. The van der Waals surface area contributed by atoms with Crippen molar-refractivity contribution in [3.63, 3.8) is 0 Å². The molecule has 0 radical (unpaired) electrons. The lowest BCUT2D eigenvalue weighted by molar-refractivity contribution is -0.136. The summed E-state index contributed by atoms with van der Waals surface area (Å²) >= 11 is 0. The molecule has 2 amide bonds. The number of amides is 2. The molecule has 3 N–H and O–H groups in total. The molecule has 160 valence electrons. The van der Waals surface area contributed by atoms with Crippen LogP contribution < -0.4 is 25.4 Å². The maximum Gasteiger partial charge on any atom is 0.313 e. The quantitative estimate of drug-likeness (QED) is 0.484. The Hall–Kier alpha value is -4.00. The minimum atomic E-state index is -0.712. The van der Waals surface area contributed by atoms with Crippen LogP contribution in [0.3, 0.4) is 0 Å². The molecule has 0 bridgehead atoms. The van der Waals surface area contributed by atoms with Gasteiger partial charge in [0.1, 0.15) is 0 Å². The topological polar surface area (TPSA) is 88.7 Å². The highest BCUT2D eigenvalue weighted by molar-refractivity contribution is 6.39. The van der Waals surface area contributed by atoms with Crippen LogP contribution >= 0.6 is 0 Å². The molecule has 0 aromatic heterocycles. The fourth-order valence-electron chi connectivity index (χ4n) is 2.95. The van der Waals surface area contributed by atoms with Gasteiger partial charge in [0.15, 0.2) is 11.5 Å². The second kappa shape index (κ2) is 10.7. The second-order valence-corrected chi connectivity index (χ2v) is 6.72. The fourth-order valence-corrected chi connectivity index (χ4v) is 2.95. The van der Waals surface area contributed by atoms with Crippen molar-refractivity contribution in [2.24, 2.45) is 0 Å². The summed E-state index contributed by atoms with van der Waals surface area (Å²) in [5, 5.41) is 8.48. The summed E-state index contributed by atoms with van der Waals surface area (Å²) < 4.78 is 10.5. The van der Waals surface area contributed by atoms with Gasteiger partial charge in [0, 0.05) is 23.6 Å². The van der Waals surface area contributed by atoms with Crippen molar-refractivity contribution >= 4 is 28.9 Å². The Balaban J connectivity index is 1.46. The summed E-state index contributed by atoms with van der Waals surface area (Å²) in [6.45, 7) is 0.321. The summed E-state index contributed by atoms with van der Waals surface area (Å²) in [6.07, 6.45) is 0.555. The molecule has 0 aliphatic rings. The van der Waals surface area contributed by atoms with Gasteiger partial charge in [-0.25, -0.2) is 0 Å². The maximum atomic E-state index is 12.1. The number of rotatable bonds is 8. The van der Waals surface area contributed by atoms with Crippen molar-refractivity contribution in [1.82, 2.24) is 5.32 Å². The van der Waals surface area contributed by atoms with E-state index in [1.54, 1.807) is 32.4 Å². The predicted octanol–water partition coefficient (Wildman–Crippen LogP) is 3.74. The highest BCUT2D eigenvalue weighted by Gasteiger charge is 2.13. The number of hydrogen-bond acceptors (Lipinski definition) is 5. The predicted molar refractivity (Wildman–Crippen MR) is 121 cm³/mol. The number of carbonyl (C=O) groups excluding carboxylic acids is 2. The van der Waals surface area contributed by atoms with Gasteiger partial charge < -0.3 is 25.4 Å². The van der Waals surface area contributed by atoms with Crippen molar-refractivity contribution in [2.75, 3.05) is 31.4 Å². The van der Waals surface area contributed by atoms with Crippen LogP contribution in [0.25, 0.3) is 0 Å². The molecule has 3 rings (SSSR count). The van der Waals surface area contributed by atoms with Crippen molar-refractivity contribution in [3.8, 4) is 11.5 Å². The number of anilines is 3. The third-order valence-electron chi connectivity index (χ3n) is 4.56. The van der Waals surface area contributed by atoms with Gasteiger partial charge in [-0.2, -0.15) is 0 Å². The smallest absolute Gasteiger partial charge is 0.313 e. The zero-order valence-corrected chi connectivity index (χ0v) is 17.5. The average molecular weight is 419 g/mol. The molecule has 0 heterocycles. The molecule has 0 fully saturated rings. The first kappa shape index (κ1) is 21.7. The summed E-state index contributed by atoms with van der Waals surface area (Å²) in [7, 11) is 3.14. The Morgan fingerprint density at radius 1 is 0.742 bits per heavy atom. The molecule has 0 saturated heterocycles. The van der Waals surface area contributed by atoms with Gasteiger partial charge in [-0.3, -0.25) is 9.59 Å². The molecule has 7 heteroatoms. The van der Waals surface area contributed by atoms with E-state index in [2.05, 4.69) is 16.0 Å². The highest BCUT2D eigenvalue weighted by Crippen LogP contribution is 2.27. The van der Waals surface area contributed by atoms with E-state index in [1.807, 2.05) is 54.6 Å². The summed E-state index contributed by atoms with van der Waals surface area (Å²) in [5.41, 5.74) is 3.34. The highest BCUT2D eigenvalue weighted by atomic mass is 16.5. The van der Waals surface area contributed by atoms with Gasteiger partial charge in [0.25, 0.3) is 0 Å². The van der Waals surface area contributed by atoms with Crippen LogP contribution in [-0.2, 0) is 16.0 Å². The van der Waals surface area contributed by atoms with Crippen LogP contribution in [0.1, 0.15) is 5.56 Å². The van der Waals surface area contributed by atoms with Gasteiger partial charge in [-0.05, 0) is 60.5 Å². The van der Waals surface area contributed by atoms with Crippen LogP contribution in [0.5, 0.6) is 11.5 Å².